The molecule has 3 N–H and O–H groups in total. The van der Waals surface area contributed by atoms with E-state index in [4.69, 9.17) is 5.11 Å². The van der Waals surface area contributed by atoms with Crippen LogP contribution in [0.2, 0.25) is 0 Å². The van der Waals surface area contributed by atoms with E-state index in [1.54, 1.807) is 6.92 Å². The normalized spacial score (nSPS) is 26.1. The van der Waals surface area contributed by atoms with Crippen LogP contribution in [0, 0.1) is 5.92 Å². The predicted molar refractivity (Wildman–Crippen MR) is 70.2 cm³/mol. The second-order valence-electron chi connectivity index (χ2n) is 5.12. The summed E-state index contributed by atoms with van der Waals surface area (Å²) in [5.74, 6) is 0.287. The number of nitrogens with one attached hydrogen (secondary N) is 1. The third kappa shape index (κ3) is 4.55. The Kier molecular flexibility index (Phi) is 6.60. The number of carbonyl (C=O) groups is 1. The van der Waals surface area contributed by atoms with Gasteiger partial charge in [-0.15, -0.1) is 0 Å². The fraction of sp³-hybridized carbons (Fsp3) is 0.923. The van der Waals surface area contributed by atoms with Crippen molar-refractivity contribution in [3.05, 3.63) is 0 Å². The molecule has 1 rings (SSSR count). The van der Waals surface area contributed by atoms with Gasteiger partial charge in [-0.05, 0) is 26.3 Å². The topological polar surface area (TPSA) is 72.8 Å². The number of rotatable bonds is 6. The summed E-state index contributed by atoms with van der Waals surface area (Å²) in [6.45, 7) is 5.95. The molecule has 1 saturated heterocycles. The predicted octanol–water partition coefficient (Wildman–Crippen LogP) is -0.0337. The average Bonchev–Trinajstić information content (AvgIpc) is 2.37. The lowest BCUT2D eigenvalue weighted by molar-refractivity contribution is -0.134. The Balaban J connectivity index is 2.53. The lowest BCUT2D eigenvalue weighted by Crippen LogP contribution is -2.53. The Morgan fingerprint density at radius 1 is 1.50 bits per heavy atom. The number of hydrogen-bond donors (Lipinski definition) is 3. The van der Waals surface area contributed by atoms with E-state index in [2.05, 4.69) is 5.32 Å². The van der Waals surface area contributed by atoms with Gasteiger partial charge in [-0.1, -0.05) is 6.92 Å². The van der Waals surface area contributed by atoms with Crippen molar-refractivity contribution in [2.45, 2.75) is 45.3 Å². The molecule has 106 valence electrons. The number of amides is 1. The van der Waals surface area contributed by atoms with Gasteiger partial charge in [0.2, 0.25) is 5.91 Å². The highest BCUT2D eigenvalue weighted by Crippen LogP contribution is 2.20. The first-order valence-electron chi connectivity index (χ1n) is 6.88. The number of nitrogens with zero attached hydrogens (tertiary/aromatic N) is 1. The van der Waals surface area contributed by atoms with E-state index in [0.29, 0.717) is 19.5 Å². The van der Waals surface area contributed by atoms with Crippen LogP contribution in [0.3, 0.4) is 0 Å². The van der Waals surface area contributed by atoms with E-state index in [0.717, 1.165) is 19.4 Å². The quantitative estimate of drug-likeness (QED) is 0.585. The molecule has 0 aromatic rings. The van der Waals surface area contributed by atoms with Crippen LogP contribution in [0.4, 0.5) is 0 Å². The molecular weight excluding hydrogens is 232 g/mol. The van der Waals surface area contributed by atoms with Gasteiger partial charge in [0.25, 0.3) is 0 Å². The molecule has 0 aromatic carbocycles. The number of hydrogen-bond acceptors (Lipinski definition) is 4. The smallest absolute Gasteiger partial charge is 0.222 e. The molecule has 1 fully saturated rings. The van der Waals surface area contributed by atoms with E-state index in [-0.39, 0.29) is 30.6 Å². The minimum atomic E-state index is -0.389. The Morgan fingerprint density at radius 2 is 2.22 bits per heavy atom. The second kappa shape index (κ2) is 7.71. The van der Waals surface area contributed by atoms with Crippen molar-refractivity contribution in [3.8, 4) is 0 Å². The zero-order chi connectivity index (χ0) is 13.5. The maximum atomic E-state index is 11.8. The van der Waals surface area contributed by atoms with Gasteiger partial charge < -0.3 is 20.4 Å². The first-order chi connectivity index (χ1) is 8.58. The van der Waals surface area contributed by atoms with Crippen LogP contribution in [0.5, 0.6) is 0 Å². The lowest BCUT2D eigenvalue weighted by Gasteiger charge is -2.39. The summed E-state index contributed by atoms with van der Waals surface area (Å²) in [5, 5.41) is 21.9. The van der Waals surface area contributed by atoms with Gasteiger partial charge in [-0.25, -0.2) is 0 Å². The van der Waals surface area contributed by atoms with E-state index >= 15 is 0 Å². The molecule has 18 heavy (non-hydrogen) atoms. The number of aliphatic hydroxyl groups is 2. The molecule has 0 aromatic heterocycles. The minimum Gasteiger partial charge on any atom is -0.396 e. The van der Waals surface area contributed by atoms with Crippen molar-refractivity contribution in [2.75, 3.05) is 26.2 Å². The van der Waals surface area contributed by atoms with Gasteiger partial charge in [-0.2, -0.15) is 0 Å². The largest absolute Gasteiger partial charge is 0.396 e. The number of piperidine rings is 1. The molecule has 3 unspecified atom stereocenters. The van der Waals surface area contributed by atoms with Crippen LogP contribution < -0.4 is 5.32 Å². The summed E-state index contributed by atoms with van der Waals surface area (Å²) < 4.78 is 0. The summed E-state index contributed by atoms with van der Waals surface area (Å²) in [7, 11) is 0. The maximum absolute atomic E-state index is 11.8. The van der Waals surface area contributed by atoms with Crippen LogP contribution in [0.25, 0.3) is 0 Å². The van der Waals surface area contributed by atoms with Gasteiger partial charge >= 0.3 is 0 Å². The van der Waals surface area contributed by atoms with Gasteiger partial charge in [0.05, 0.1) is 6.10 Å². The SMILES string of the molecule is CCC(=O)N1CC(NCCCO)CC(C(C)O)C1. The molecule has 0 saturated carbocycles. The Bertz CT molecular complexity index is 259. The number of likely N-dealkylation sites (tertiary alicyclic amines) is 1. The number of carbonyl (C=O) groups excluding carboxylic acids is 1. The molecule has 1 amide bonds. The summed E-state index contributed by atoms with van der Waals surface area (Å²) >= 11 is 0. The highest BCUT2D eigenvalue weighted by molar-refractivity contribution is 5.76. The molecule has 1 heterocycles. The van der Waals surface area contributed by atoms with Crippen LogP contribution in [-0.2, 0) is 4.79 Å². The Morgan fingerprint density at radius 3 is 2.78 bits per heavy atom. The third-order valence-corrected chi connectivity index (χ3v) is 3.59. The highest BCUT2D eigenvalue weighted by Gasteiger charge is 2.31. The fourth-order valence-corrected chi connectivity index (χ4v) is 2.45. The first-order valence-corrected chi connectivity index (χ1v) is 6.88. The second-order valence-corrected chi connectivity index (χ2v) is 5.12. The van der Waals surface area contributed by atoms with Gasteiger partial charge in [0.15, 0.2) is 0 Å². The van der Waals surface area contributed by atoms with Crippen molar-refractivity contribution in [3.63, 3.8) is 0 Å². The van der Waals surface area contributed by atoms with Crippen molar-refractivity contribution >= 4 is 5.91 Å². The summed E-state index contributed by atoms with van der Waals surface area (Å²) in [5.41, 5.74) is 0. The van der Waals surface area contributed by atoms with Crippen molar-refractivity contribution in [1.29, 1.82) is 0 Å². The number of aliphatic hydroxyl groups excluding tert-OH is 2. The zero-order valence-corrected chi connectivity index (χ0v) is 11.4. The molecular formula is C13H26N2O3. The Labute approximate surface area is 109 Å². The first kappa shape index (κ1) is 15.4. The summed E-state index contributed by atoms with van der Waals surface area (Å²) in [6, 6.07) is 0.223. The molecule has 1 aliphatic rings. The molecule has 5 nitrogen and oxygen atoms in total. The highest BCUT2D eigenvalue weighted by atomic mass is 16.3. The van der Waals surface area contributed by atoms with Gasteiger partial charge in [0, 0.05) is 38.1 Å². The van der Waals surface area contributed by atoms with E-state index in [9.17, 15) is 9.90 Å². The molecule has 0 aliphatic carbocycles. The molecule has 5 heteroatoms. The molecule has 0 radical (unpaired) electrons. The van der Waals surface area contributed by atoms with Crippen molar-refractivity contribution in [1.82, 2.24) is 10.2 Å². The molecule has 1 aliphatic heterocycles. The fourth-order valence-electron chi connectivity index (χ4n) is 2.45. The van der Waals surface area contributed by atoms with Crippen LogP contribution >= 0.6 is 0 Å². The third-order valence-electron chi connectivity index (χ3n) is 3.59. The van der Waals surface area contributed by atoms with Crippen LogP contribution in [-0.4, -0.2) is 59.4 Å². The van der Waals surface area contributed by atoms with Gasteiger partial charge in [0.1, 0.15) is 0 Å². The monoisotopic (exact) mass is 258 g/mol. The molecule has 0 bridgehead atoms. The van der Waals surface area contributed by atoms with E-state index < -0.39 is 0 Å². The maximum Gasteiger partial charge on any atom is 0.222 e. The average molecular weight is 258 g/mol. The minimum absolute atomic E-state index is 0.140. The molecule has 0 spiro atoms. The van der Waals surface area contributed by atoms with E-state index in [1.807, 2.05) is 11.8 Å². The molecule has 3 atom stereocenters. The summed E-state index contributed by atoms with van der Waals surface area (Å²) in [4.78, 5) is 13.6. The van der Waals surface area contributed by atoms with Crippen LogP contribution in [0.1, 0.15) is 33.1 Å². The standard InChI is InChI=1S/C13H26N2O3/c1-3-13(18)15-8-11(10(2)17)7-12(9-15)14-5-4-6-16/h10-12,14,16-17H,3-9H2,1-2H3. The summed E-state index contributed by atoms with van der Waals surface area (Å²) in [6.07, 6.45) is 1.73. The van der Waals surface area contributed by atoms with Crippen molar-refractivity contribution in [2.24, 2.45) is 5.92 Å². The zero-order valence-electron chi connectivity index (χ0n) is 11.4. The lowest BCUT2D eigenvalue weighted by atomic mass is 9.90. The van der Waals surface area contributed by atoms with Crippen LogP contribution in [0.15, 0.2) is 0 Å². The van der Waals surface area contributed by atoms with Gasteiger partial charge in [-0.3, -0.25) is 4.79 Å². The van der Waals surface area contributed by atoms with Crippen molar-refractivity contribution < 1.29 is 15.0 Å². The Hall–Kier alpha value is -0.650. The van der Waals surface area contributed by atoms with E-state index in [1.165, 1.54) is 0 Å².